The van der Waals surface area contributed by atoms with Gasteiger partial charge in [-0.25, -0.2) is 4.98 Å². The molecule has 0 saturated carbocycles. The number of fused-ring (bicyclic) bond motifs is 2. The number of pyridine rings is 1. The number of ether oxygens (including phenoxy) is 2. The van der Waals surface area contributed by atoms with Crippen LogP contribution in [0.4, 0.5) is 5.69 Å². The van der Waals surface area contributed by atoms with Gasteiger partial charge in [-0.15, -0.1) is 12.4 Å². The van der Waals surface area contributed by atoms with E-state index >= 15 is 0 Å². The van der Waals surface area contributed by atoms with Gasteiger partial charge in [0.15, 0.2) is 11.5 Å². The summed E-state index contributed by atoms with van der Waals surface area (Å²) in [4.78, 5) is 4.78. The Kier molecular flexibility index (Phi) is 6.22. The summed E-state index contributed by atoms with van der Waals surface area (Å²) in [6.07, 6.45) is 0.880. The average Bonchev–Trinajstić information content (AvgIpc) is 2.73. The molecule has 0 spiro atoms. The predicted molar refractivity (Wildman–Crippen MR) is 118 cm³/mol. The second kappa shape index (κ2) is 8.81. The molecule has 0 radical (unpaired) electrons. The van der Waals surface area contributed by atoms with E-state index in [2.05, 4.69) is 47.8 Å². The minimum atomic E-state index is 0. The van der Waals surface area contributed by atoms with Crippen LogP contribution in [0, 0.1) is 0 Å². The summed E-state index contributed by atoms with van der Waals surface area (Å²) in [5.41, 5.74) is 4.34. The van der Waals surface area contributed by atoms with Crippen LogP contribution in [0.5, 0.6) is 11.5 Å². The number of nitrogens with one attached hydrogen (secondary N) is 1. The second-order valence-corrected chi connectivity index (χ2v) is 6.39. The molecule has 1 heterocycles. The SMILES string of the molecule is COc1ccc(CCNc2c3ccccc3nc3ccccc23)cc1OC.Cl. The highest BCUT2D eigenvalue weighted by molar-refractivity contribution is 6.07. The Balaban J connectivity index is 0.00000225. The van der Waals surface area contributed by atoms with Crippen LogP contribution in [0.1, 0.15) is 5.56 Å². The smallest absolute Gasteiger partial charge is 0.160 e. The zero-order valence-electron chi connectivity index (χ0n) is 15.9. The van der Waals surface area contributed by atoms with Gasteiger partial charge in [-0.2, -0.15) is 0 Å². The molecule has 4 nitrogen and oxygen atoms in total. The number of nitrogens with zero attached hydrogens (tertiary/aromatic N) is 1. The van der Waals surface area contributed by atoms with E-state index in [0.717, 1.165) is 52.0 Å². The number of rotatable bonds is 6. The van der Waals surface area contributed by atoms with E-state index in [9.17, 15) is 0 Å². The molecule has 5 heteroatoms. The van der Waals surface area contributed by atoms with Crippen LogP contribution in [0.25, 0.3) is 21.8 Å². The van der Waals surface area contributed by atoms with Crippen molar-refractivity contribution in [3.05, 3.63) is 72.3 Å². The van der Waals surface area contributed by atoms with E-state index < -0.39 is 0 Å². The molecule has 1 aromatic heterocycles. The second-order valence-electron chi connectivity index (χ2n) is 6.39. The molecule has 0 fully saturated rings. The van der Waals surface area contributed by atoms with Gasteiger partial charge in [-0.3, -0.25) is 0 Å². The Morgan fingerprint density at radius 2 is 1.39 bits per heavy atom. The van der Waals surface area contributed by atoms with Crippen molar-refractivity contribution in [1.29, 1.82) is 0 Å². The third-order valence-electron chi connectivity index (χ3n) is 4.75. The molecule has 0 atom stereocenters. The Hall–Kier alpha value is -2.98. The lowest BCUT2D eigenvalue weighted by Gasteiger charge is -2.14. The maximum absolute atomic E-state index is 5.40. The third kappa shape index (κ3) is 3.82. The lowest BCUT2D eigenvalue weighted by molar-refractivity contribution is 0.354. The molecule has 1 N–H and O–H groups in total. The molecule has 3 aromatic carbocycles. The predicted octanol–water partition coefficient (Wildman–Crippen LogP) is 5.48. The van der Waals surface area contributed by atoms with Crippen LogP contribution in [0.3, 0.4) is 0 Å². The molecule has 0 unspecified atom stereocenters. The molecule has 144 valence electrons. The minimum absolute atomic E-state index is 0. The van der Waals surface area contributed by atoms with Crippen molar-refractivity contribution in [2.24, 2.45) is 0 Å². The summed E-state index contributed by atoms with van der Waals surface area (Å²) < 4.78 is 10.7. The summed E-state index contributed by atoms with van der Waals surface area (Å²) in [6, 6.07) is 22.6. The van der Waals surface area contributed by atoms with E-state index in [4.69, 9.17) is 14.5 Å². The summed E-state index contributed by atoms with van der Waals surface area (Å²) >= 11 is 0. The maximum atomic E-state index is 5.40. The van der Waals surface area contributed by atoms with Crippen LogP contribution in [-0.2, 0) is 6.42 Å². The zero-order valence-corrected chi connectivity index (χ0v) is 16.8. The fourth-order valence-electron chi connectivity index (χ4n) is 3.40. The first-order valence-corrected chi connectivity index (χ1v) is 9.02. The number of halogens is 1. The van der Waals surface area contributed by atoms with Gasteiger partial charge in [0.25, 0.3) is 0 Å². The topological polar surface area (TPSA) is 43.4 Å². The highest BCUT2D eigenvalue weighted by Crippen LogP contribution is 2.31. The molecule has 0 aliphatic heterocycles. The normalized spacial score (nSPS) is 10.5. The Morgan fingerprint density at radius 3 is 2.00 bits per heavy atom. The summed E-state index contributed by atoms with van der Waals surface area (Å²) in [5, 5.41) is 5.92. The number of hydrogen-bond donors (Lipinski definition) is 1. The number of methoxy groups -OCH3 is 2. The van der Waals surface area contributed by atoms with Crippen LogP contribution >= 0.6 is 12.4 Å². The maximum Gasteiger partial charge on any atom is 0.160 e. The molecule has 0 aliphatic carbocycles. The fourth-order valence-corrected chi connectivity index (χ4v) is 3.40. The van der Waals surface area contributed by atoms with Crippen LogP contribution in [0.15, 0.2) is 66.7 Å². The first-order chi connectivity index (χ1) is 13.3. The van der Waals surface area contributed by atoms with E-state index in [1.807, 2.05) is 24.3 Å². The molecule has 4 rings (SSSR count). The molecule has 28 heavy (non-hydrogen) atoms. The van der Waals surface area contributed by atoms with Crippen molar-refractivity contribution >= 4 is 39.9 Å². The van der Waals surface area contributed by atoms with Crippen molar-refractivity contribution in [3.63, 3.8) is 0 Å². The number of aromatic nitrogens is 1. The van der Waals surface area contributed by atoms with Gasteiger partial charge in [0.2, 0.25) is 0 Å². The van der Waals surface area contributed by atoms with Gasteiger partial charge in [0, 0.05) is 17.3 Å². The fraction of sp³-hybridized carbons (Fsp3) is 0.174. The quantitative estimate of drug-likeness (QED) is 0.439. The molecular weight excluding hydrogens is 372 g/mol. The van der Waals surface area contributed by atoms with Crippen molar-refractivity contribution in [1.82, 2.24) is 4.98 Å². The Morgan fingerprint density at radius 1 is 0.786 bits per heavy atom. The van der Waals surface area contributed by atoms with Crippen molar-refractivity contribution in [3.8, 4) is 11.5 Å². The van der Waals surface area contributed by atoms with Crippen LogP contribution in [0.2, 0.25) is 0 Å². The van der Waals surface area contributed by atoms with Gasteiger partial charge in [0.05, 0.1) is 30.9 Å². The molecule has 0 aliphatic rings. The summed E-state index contributed by atoms with van der Waals surface area (Å²) in [6.45, 7) is 0.813. The van der Waals surface area contributed by atoms with Gasteiger partial charge in [-0.05, 0) is 36.2 Å². The van der Waals surface area contributed by atoms with E-state index in [-0.39, 0.29) is 12.4 Å². The number of para-hydroxylation sites is 2. The molecular formula is C23H23ClN2O2. The molecule has 0 amide bonds. The van der Waals surface area contributed by atoms with Gasteiger partial charge >= 0.3 is 0 Å². The van der Waals surface area contributed by atoms with Crippen molar-refractivity contribution in [2.75, 3.05) is 26.1 Å². The lowest BCUT2D eigenvalue weighted by Crippen LogP contribution is -2.06. The third-order valence-corrected chi connectivity index (χ3v) is 4.75. The van der Waals surface area contributed by atoms with E-state index in [1.54, 1.807) is 14.2 Å². The highest BCUT2D eigenvalue weighted by atomic mass is 35.5. The number of benzene rings is 3. The number of hydrogen-bond acceptors (Lipinski definition) is 4. The first kappa shape index (κ1) is 19.8. The minimum Gasteiger partial charge on any atom is -0.493 e. The monoisotopic (exact) mass is 394 g/mol. The summed E-state index contributed by atoms with van der Waals surface area (Å²) in [7, 11) is 3.31. The van der Waals surface area contributed by atoms with E-state index in [0.29, 0.717) is 0 Å². The standard InChI is InChI=1S/C23H22N2O2.ClH/c1-26-21-12-11-16(15-22(21)27-2)13-14-24-23-17-7-3-5-9-19(17)25-20-10-6-4-8-18(20)23;/h3-12,15H,13-14H2,1-2H3,(H,24,25);1H. The highest BCUT2D eigenvalue weighted by Gasteiger charge is 2.09. The van der Waals surface area contributed by atoms with E-state index in [1.165, 1.54) is 5.56 Å². The van der Waals surface area contributed by atoms with Crippen molar-refractivity contribution < 1.29 is 9.47 Å². The summed E-state index contributed by atoms with van der Waals surface area (Å²) in [5.74, 6) is 1.51. The van der Waals surface area contributed by atoms with Crippen molar-refractivity contribution in [2.45, 2.75) is 6.42 Å². The Labute approximate surface area is 170 Å². The molecule has 4 aromatic rings. The largest absolute Gasteiger partial charge is 0.493 e. The Bertz CT molecular complexity index is 1040. The van der Waals surface area contributed by atoms with Gasteiger partial charge in [-0.1, -0.05) is 42.5 Å². The van der Waals surface area contributed by atoms with Gasteiger partial charge in [0.1, 0.15) is 0 Å². The zero-order chi connectivity index (χ0) is 18.6. The average molecular weight is 395 g/mol. The lowest BCUT2D eigenvalue weighted by atomic mass is 10.1. The molecule has 0 bridgehead atoms. The molecule has 0 saturated heterocycles. The van der Waals surface area contributed by atoms with Crippen LogP contribution < -0.4 is 14.8 Å². The van der Waals surface area contributed by atoms with Gasteiger partial charge < -0.3 is 14.8 Å². The number of anilines is 1. The van der Waals surface area contributed by atoms with Crippen LogP contribution in [-0.4, -0.2) is 25.7 Å². The first-order valence-electron chi connectivity index (χ1n) is 9.02.